The maximum absolute atomic E-state index is 2.65. The van der Waals surface area contributed by atoms with Gasteiger partial charge in [-0.15, -0.1) is 0 Å². The zero-order valence-electron chi connectivity index (χ0n) is 20.9. The summed E-state index contributed by atoms with van der Waals surface area (Å²) in [7, 11) is 0. The van der Waals surface area contributed by atoms with E-state index < -0.39 is 0 Å². The summed E-state index contributed by atoms with van der Waals surface area (Å²) < 4.78 is 0. The molecule has 0 N–H and O–H groups in total. The molecule has 0 aromatic rings. The van der Waals surface area contributed by atoms with E-state index in [1.54, 1.807) is 16.7 Å². The molecule has 1 unspecified atom stereocenters. The molecule has 1 heteroatoms. The van der Waals surface area contributed by atoms with Gasteiger partial charge in [-0.1, -0.05) is 88.8 Å². The highest BCUT2D eigenvalue weighted by Crippen LogP contribution is 2.57. The minimum absolute atomic E-state index is 0.409. The number of fused-ring (bicyclic) bond motifs is 1. The number of hydrogen-bond donors (Lipinski definition) is 0. The molecule has 0 aromatic heterocycles. The van der Waals surface area contributed by atoms with Crippen LogP contribution in [0.15, 0.2) is 34.9 Å². The topological polar surface area (TPSA) is 0 Å². The number of thioether (sulfide) groups is 1. The minimum Gasteiger partial charge on any atom is -0.154 e. The van der Waals surface area contributed by atoms with Crippen molar-refractivity contribution in [3.63, 3.8) is 0 Å². The van der Waals surface area contributed by atoms with Crippen LogP contribution >= 0.6 is 11.8 Å². The first kappa shape index (κ1) is 24.2. The van der Waals surface area contributed by atoms with E-state index in [0.29, 0.717) is 16.1 Å². The molecule has 0 amide bonds. The van der Waals surface area contributed by atoms with Crippen molar-refractivity contribution in [3.05, 3.63) is 34.9 Å². The van der Waals surface area contributed by atoms with Gasteiger partial charge in [0.05, 0.1) is 0 Å². The van der Waals surface area contributed by atoms with Crippen LogP contribution in [0.2, 0.25) is 0 Å². The van der Waals surface area contributed by atoms with Crippen LogP contribution in [-0.4, -0.2) is 11.0 Å². The quantitative estimate of drug-likeness (QED) is 0.347. The maximum Gasteiger partial charge on any atom is 0.0233 e. The number of allylic oxidation sites excluding steroid dienone is 5. The normalized spacial score (nSPS) is 32.5. The fraction of sp³-hybridized carbons (Fsp3) is 0.793. The molecule has 2 saturated carbocycles. The van der Waals surface area contributed by atoms with Crippen molar-refractivity contribution in [2.45, 2.75) is 117 Å². The van der Waals surface area contributed by atoms with Gasteiger partial charge in [0, 0.05) is 5.25 Å². The molecule has 0 spiro atoms. The largest absolute Gasteiger partial charge is 0.154 e. The Morgan fingerprint density at radius 3 is 2.50 bits per heavy atom. The molecule has 30 heavy (non-hydrogen) atoms. The van der Waals surface area contributed by atoms with E-state index in [0.717, 1.165) is 11.8 Å². The number of rotatable bonds is 8. The Hall–Kier alpha value is -0.430. The molecule has 0 heterocycles. The molecule has 0 saturated heterocycles. The van der Waals surface area contributed by atoms with E-state index in [1.807, 2.05) is 0 Å². The van der Waals surface area contributed by atoms with Gasteiger partial charge in [0.25, 0.3) is 0 Å². The lowest BCUT2D eigenvalue weighted by molar-refractivity contribution is 0.231. The highest BCUT2D eigenvalue weighted by Gasteiger charge is 2.46. The summed E-state index contributed by atoms with van der Waals surface area (Å²) in [6, 6.07) is 0. The molecule has 170 valence electrons. The predicted octanol–water partition coefficient (Wildman–Crippen LogP) is 9.52. The molecule has 0 aliphatic heterocycles. The van der Waals surface area contributed by atoms with Gasteiger partial charge in [-0.3, -0.25) is 0 Å². The van der Waals surface area contributed by atoms with Crippen molar-refractivity contribution in [2.24, 2.45) is 22.7 Å². The van der Waals surface area contributed by atoms with E-state index in [2.05, 4.69) is 71.5 Å². The molecule has 3 atom stereocenters. The molecular formula is C29H48S. The van der Waals surface area contributed by atoms with Gasteiger partial charge in [0.15, 0.2) is 0 Å². The Kier molecular flexibility index (Phi) is 8.44. The summed E-state index contributed by atoms with van der Waals surface area (Å²) >= 11 is 2.22. The van der Waals surface area contributed by atoms with Gasteiger partial charge in [0.1, 0.15) is 0 Å². The second kappa shape index (κ2) is 10.5. The standard InChI is InChI=1S/C29H48S/c1-7-23(8-2)18-21-30-22(3)26-16-17-27-24(12-11-20-29(26,27)6)14-15-25-13-9-10-19-28(25,4)5/h14-16,22-23,27H,7-13,17-21H2,1-6H3/b24-14+,25-15-/t22-,27?,29-/m1/s1. The second-order valence-electron chi connectivity index (χ2n) is 11.2. The van der Waals surface area contributed by atoms with Gasteiger partial charge in [-0.05, 0) is 86.7 Å². The van der Waals surface area contributed by atoms with Gasteiger partial charge < -0.3 is 0 Å². The number of hydrogen-bond acceptors (Lipinski definition) is 1. The molecule has 3 rings (SSSR count). The summed E-state index contributed by atoms with van der Waals surface area (Å²) in [6.07, 6.45) is 22.7. The van der Waals surface area contributed by atoms with E-state index >= 15 is 0 Å². The van der Waals surface area contributed by atoms with Gasteiger partial charge >= 0.3 is 0 Å². The van der Waals surface area contributed by atoms with Crippen molar-refractivity contribution in [1.82, 2.24) is 0 Å². The first-order valence-electron chi connectivity index (χ1n) is 13.0. The molecule has 0 bridgehead atoms. The SMILES string of the molecule is CCC(CC)CCS[C@H](C)C1=CCC2/C(=C/C=C3/CCCCC3(C)C)CCC[C@]12C. The van der Waals surface area contributed by atoms with Crippen LogP contribution < -0.4 is 0 Å². The summed E-state index contributed by atoms with van der Waals surface area (Å²) in [6.45, 7) is 14.7. The summed E-state index contributed by atoms with van der Waals surface area (Å²) in [5, 5.41) is 0.685. The van der Waals surface area contributed by atoms with E-state index in [1.165, 1.54) is 76.4 Å². The average molecular weight is 429 g/mol. The molecule has 2 fully saturated rings. The van der Waals surface area contributed by atoms with Crippen LogP contribution in [0.1, 0.15) is 112 Å². The summed E-state index contributed by atoms with van der Waals surface area (Å²) in [4.78, 5) is 0. The van der Waals surface area contributed by atoms with Crippen molar-refractivity contribution in [1.29, 1.82) is 0 Å². The summed E-state index contributed by atoms with van der Waals surface area (Å²) in [5.74, 6) is 3.01. The fourth-order valence-corrected chi connectivity index (χ4v) is 7.95. The van der Waals surface area contributed by atoms with Crippen molar-refractivity contribution >= 4 is 11.8 Å². The van der Waals surface area contributed by atoms with Crippen molar-refractivity contribution < 1.29 is 0 Å². The second-order valence-corrected chi connectivity index (χ2v) is 12.7. The Balaban J connectivity index is 1.67. The minimum atomic E-state index is 0.409. The van der Waals surface area contributed by atoms with Gasteiger partial charge in [0.2, 0.25) is 0 Å². The molecular weight excluding hydrogens is 380 g/mol. The van der Waals surface area contributed by atoms with Crippen LogP contribution in [0.25, 0.3) is 0 Å². The van der Waals surface area contributed by atoms with Crippen LogP contribution in [0.3, 0.4) is 0 Å². The smallest absolute Gasteiger partial charge is 0.0233 e. The third kappa shape index (κ3) is 5.31. The molecule has 3 aliphatic carbocycles. The first-order chi connectivity index (χ1) is 14.3. The third-order valence-corrected chi connectivity index (χ3v) is 10.2. The van der Waals surface area contributed by atoms with Gasteiger partial charge in [-0.25, -0.2) is 0 Å². The Labute approximate surface area is 192 Å². The lowest BCUT2D eigenvalue weighted by atomic mass is 9.63. The van der Waals surface area contributed by atoms with Crippen molar-refractivity contribution in [3.8, 4) is 0 Å². The first-order valence-corrected chi connectivity index (χ1v) is 14.1. The zero-order valence-corrected chi connectivity index (χ0v) is 21.7. The molecule has 0 nitrogen and oxygen atoms in total. The van der Waals surface area contributed by atoms with Crippen LogP contribution in [-0.2, 0) is 0 Å². The zero-order chi connectivity index (χ0) is 21.8. The Morgan fingerprint density at radius 1 is 1.03 bits per heavy atom. The van der Waals surface area contributed by atoms with Crippen LogP contribution in [0.5, 0.6) is 0 Å². The van der Waals surface area contributed by atoms with Crippen molar-refractivity contribution in [2.75, 3.05) is 5.75 Å². The fourth-order valence-electron chi connectivity index (χ4n) is 6.58. The molecule has 0 aromatic carbocycles. The predicted molar refractivity (Wildman–Crippen MR) is 137 cm³/mol. The Bertz CT molecular complexity index is 660. The summed E-state index contributed by atoms with van der Waals surface area (Å²) in [5.41, 5.74) is 6.04. The lowest BCUT2D eigenvalue weighted by Crippen LogP contribution is -2.33. The van der Waals surface area contributed by atoms with Crippen LogP contribution in [0.4, 0.5) is 0 Å². The average Bonchev–Trinajstić information content (AvgIpc) is 3.07. The molecule has 3 aliphatic rings. The molecule has 0 radical (unpaired) electrons. The monoisotopic (exact) mass is 428 g/mol. The highest BCUT2D eigenvalue weighted by molar-refractivity contribution is 8.00. The van der Waals surface area contributed by atoms with Gasteiger partial charge in [-0.2, -0.15) is 11.8 Å². The maximum atomic E-state index is 2.65. The van der Waals surface area contributed by atoms with E-state index in [4.69, 9.17) is 0 Å². The van der Waals surface area contributed by atoms with Crippen LogP contribution in [0, 0.1) is 22.7 Å². The highest BCUT2D eigenvalue weighted by atomic mass is 32.2. The lowest BCUT2D eigenvalue weighted by Gasteiger charge is -2.42. The van der Waals surface area contributed by atoms with E-state index in [-0.39, 0.29) is 0 Å². The third-order valence-electron chi connectivity index (χ3n) is 8.96. The Morgan fingerprint density at radius 2 is 1.80 bits per heavy atom. The van der Waals surface area contributed by atoms with E-state index in [9.17, 15) is 0 Å².